The van der Waals surface area contributed by atoms with E-state index in [1.165, 1.54) is 11.8 Å². The van der Waals surface area contributed by atoms with Crippen molar-refractivity contribution in [2.24, 2.45) is 0 Å². The van der Waals surface area contributed by atoms with Crippen LogP contribution in [0.3, 0.4) is 0 Å². The van der Waals surface area contributed by atoms with E-state index in [1.54, 1.807) is 30.7 Å². The molecular formula is C11H8N4S. The van der Waals surface area contributed by atoms with Gasteiger partial charge in [0.05, 0.1) is 17.4 Å². The molecule has 0 aliphatic carbocycles. The van der Waals surface area contributed by atoms with Crippen LogP contribution >= 0.6 is 11.8 Å². The van der Waals surface area contributed by atoms with Crippen LogP contribution in [0.15, 0.2) is 46.7 Å². The maximum atomic E-state index is 8.64. The van der Waals surface area contributed by atoms with E-state index in [9.17, 15) is 0 Å². The van der Waals surface area contributed by atoms with Crippen molar-refractivity contribution in [2.75, 3.05) is 5.73 Å². The lowest BCUT2D eigenvalue weighted by atomic mass is 10.3. The van der Waals surface area contributed by atoms with E-state index in [0.29, 0.717) is 11.3 Å². The third-order valence-corrected chi connectivity index (χ3v) is 2.93. The molecule has 5 heteroatoms. The van der Waals surface area contributed by atoms with Crippen LogP contribution in [0.4, 0.5) is 5.69 Å². The van der Waals surface area contributed by atoms with Gasteiger partial charge in [0.2, 0.25) is 0 Å². The number of nitrogen functional groups attached to an aromatic ring is 1. The van der Waals surface area contributed by atoms with Crippen LogP contribution in [0.1, 0.15) is 5.56 Å². The summed E-state index contributed by atoms with van der Waals surface area (Å²) in [6.07, 6.45) is 4.83. The Kier molecular flexibility index (Phi) is 3.03. The molecule has 2 heterocycles. The highest BCUT2D eigenvalue weighted by molar-refractivity contribution is 7.99. The first-order valence-corrected chi connectivity index (χ1v) is 5.35. The fraction of sp³-hybridized carbons (Fsp3) is 0. The second-order valence-electron chi connectivity index (χ2n) is 3.01. The first-order chi connectivity index (χ1) is 7.79. The zero-order valence-corrected chi connectivity index (χ0v) is 9.11. The zero-order valence-electron chi connectivity index (χ0n) is 8.29. The van der Waals surface area contributed by atoms with Gasteiger partial charge in [-0.2, -0.15) is 5.26 Å². The van der Waals surface area contributed by atoms with Gasteiger partial charge in [-0.25, -0.2) is 4.98 Å². The summed E-state index contributed by atoms with van der Waals surface area (Å²) in [6, 6.07) is 7.38. The number of nitriles is 1. The Bertz CT molecular complexity index is 530. The highest BCUT2D eigenvalue weighted by atomic mass is 32.2. The molecule has 2 aromatic heterocycles. The van der Waals surface area contributed by atoms with Gasteiger partial charge >= 0.3 is 0 Å². The van der Waals surface area contributed by atoms with Crippen LogP contribution in [0, 0.1) is 11.3 Å². The minimum Gasteiger partial charge on any atom is -0.397 e. The first-order valence-electron chi connectivity index (χ1n) is 4.53. The van der Waals surface area contributed by atoms with Gasteiger partial charge in [-0.3, -0.25) is 4.98 Å². The zero-order chi connectivity index (χ0) is 11.4. The van der Waals surface area contributed by atoms with Crippen molar-refractivity contribution in [3.8, 4) is 6.07 Å². The average molecular weight is 228 g/mol. The summed E-state index contributed by atoms with van der Waals surface area (Å²) in [5.74, 6) is 0. The van der Waals surface area contributed by atoms with Gasteiger partial charge in [-0.15, -0.1) is 0 Å². The molecule has 0 aliphatic rings. The Balaban J connectivity index is 2.22. The van der Waals surface area contributed by atoms with Gasteiger partial charge in [0.1, 0.15) is 11.1 Å². The molecule has 2 aromatic rings. The molecule has 4 nitrogen and oxygen atoms in total. The molecule has 0 bridgehead atoms. The molecule has 0 atom stereocenters. The smallest absolute Gasteiger partial charge is 0.101 e. The number of hydrogen-bond donors (Lipinski definition) is 1. The highest BCUT2D eigenvalue weighted by Crippen LogP contribution is 2.29. The Hall–Kier alpha value is -2.06. The lowest BCUT2D eigenvalue weighted by Crippen LogP contribution is -1.89. The standard InChI is InChI=1S/C11H8N4S/c12-5-8-1-2-11(15-6-8)16-10-3-4-14-7-9(10)13/h1-4,6-7H,13H2. The molecule has 2 rings (SSSR count). The van der Waals surface area contributed by atoms with Crippen LogP contribution in [0.25, 0.3) is 0 Å². The lowest BCUT2D eigenvalue weighted by molar-refractivity contribution is 1.12. The fourth-order valence-electron chi connectivity index (χ4n) is 1.11. The fourth-order valence-corrected chi connectivity index (χ4v) is 1.87. The summed E-state index contributed by atoms with van der Waals surface area (Å²) >= 11 is 1.45. The summed E-state index contributed by atoms with van der Waals surface area (Å²) in [4.78, 5) is 8.97. The van der Waals surface area contributed by atoms with Gasteiger partial charge in [0.15, 0.2) is 0 Å². The van der Waals surface area contributed by atoms with Crippen LogP contribution in [-0.4, -0.2) is 9.97 Å². The molecule has 0 spiro atoms. The van der Waals surface area contributed by atoms with Crippen molar-refractivity contribution in [3.05, 3.63) is 42.4 Å². The Morgan fingerprint density at radius 1 is 1.25 bits per heavy atom. The number of hydrogen-bond acceptors (Lipinski definition) is 5. The van der Waals surface area contributed by atoms with Crippen LogP contribution in [-0.2, 0) is 0 Å². The topological polar surface area (TPSA) is 75.6 Å². The molecule has 0 saturated heterocycles. The molecule has 0 aliphatic heterocycles. The third kappa shape index (κ3) is 2.30. The predicted octanol–water partition coefficient (Wildman–Crippen LogP) is 2.08. The molecule has 2 N–H and O–H groups in total. The Morgan fingerprint density at radius 3 is 2.75 bits per heavy atom. The number of pyridine rings is 2. The normalized spacial score (nSPS) is 9.69. The van der Waals surface area contributed by atoms with Crippen LogP contribution in [0.5, 0.6) is 0 Å². The monoisotopic (exact) mass is 228 g/mol. The second-order valence-corrected chi connectivity index (χ2v) is 4.07. The van der Waals surface area contributed by atoms with E-state index < -0.39 is 0 Å². The quantitative estimate of drug-likeness (QED) is 0.851. The molecular weight excluding hydrogens is 220 g/mol. The molecule has 0 amide bonds. The number of anilines is 1. The molecule has 0 fully saturated rings. The van der Waals surface area contributed by atoms with Crippen molar-refractivity contribution in [3.63, 3.8) is 0 Å². The minimum absolute atomic E-state index is 0.548. The molecule has 0 saturated carbocycles. The first kappa shape index (κ1) is 10.5. The van der Waals surface area contributed by atoms with E-state index in [-0.39, 0.29) is 0 Å². The van der Waals surface area contributed by atoms with E-state index in [4.69, 9.17) is 11.0 Å². The second kappa shape index (κ2) is 4.64. The lowest BCUT2D eigenvalue weighted by Gasteiger charge is -2.03. The molecule has 0 radical (unpaired) electrons. The van der Waals surface area contributed by atoms with E-state index in [1.807, 2.05) is 12.1 Å². The van der Waals surface area contributed by atoms with Crippen molar-refractivity contribution >= 4 is 17.4 Å². The van der Waals surface area contributed by atoms with Crippen LogP contribution in [0.2, 0.25) is 0 Å². The summed E-state index contributed by atoms with van der Waals surface area (Å²) in [5, 5.41) is 9.44. The predicted molar refractivity (Wildman–Crippen MR) is 61.7 cm³/mol. The van der Waals surface area contributed by atoms with Gasteiger partial charge in [0, 0.05) is 17.3 Å². The summed E-state index contributed by atoms with van der Waals surface area (Å²) in [7, 11) is 0. The van der Waals surface area contributed by atoms with Crippen molar-refractivity contribution in [1.82, 2.24) is 9.97 Å². The van der Waals surface area contributed by atoms with E-state index in [0.717, 1.165) is 9.92 Å². The maximum Gasteiger partial charge on any atom is 0.101 e. The molecule has 0 aromatic carbocycles. The van der Waals surface area contributed by atoms with Crippen molar-refractivity contribution in [1.29, 1.82) is 5.26 Å². The van der Waals surface area contributed by atoms with Crippen molar-refractivity contribution in [2.45, 2.75) is 9.92 Å². The molecule has 78 valence electrons. The van der Waals surface area contributed by atoms with Gasteiger partial charge in [-0.05, 0) is 18.2 Å². The number of rotatable bonds is 2. The SMILES string of the molecule is N#Cc1ccc(Sc2ccncc2N)nc1. The largest absolute Gasteiger partial charge is 0.397 e. The van der Waals surface area contributed by atoms with Crippen LogP contribution < -0.4 is 5.73 Å². The van der Waals surface area contributed by atoms with Crippen molar-refractivity contribution < 1.29 is 0 Å². The molecule has 16 heavy (non-hydrogen) atoms. The van der Waals surface area contributed by atoms with Gasteiger partial charge in [0.25, 0.3) is 0 Å². The molecule has 0 unspecified atom stereocenters. The summed E-state index contributed by atoms with van der Waals surface area (Å²) in [6.45, 7) is 0. The van der Waals surface area contributed by atoms with Gasteiger partial charge < -0.3 is 5.73 Å². The number of aromatic nitrogens is 2. The Labute approximate surface area is 97.1 Å². The number of nitrogens with two attached hydrogens (primary N) is 1. The van der Waals surface area contributed by atoms with Gasteiger partial charge in [-0.1, -0.05) is 11.8 Å². The Morgan fingerprint density at radius 2 is 2.12 bits per heavy atom. The number of nitrogens with zero attached hydrogens (tertiary/aromatic N) is 3. The summed E-state index contributed by atoms with van der Waals surface area (Å²) in [5.41, 5.74) is 6.93. The van der Waals surface area contributed by atoms with E-state index >= 15 is 0 Å². The highest BCUT2D eigenvalue weighted by Gasteiger charge is 2.02. The average Bonchev–Trinajstić information content (AvgIpc) is 2.33. The summed E-state index contributed by atoms with van der Waals surface area (Å²) < 4.78 is 0. The van der Waals surface area contributed by atoms with E-state index in [2.05, 4.69) is 9.97 Å². The third-order valence-electron chi connectivity index (χ3n) is 1.89. The maximum absolute atomic E-state index is 8.64. The minimum atomic E-state index is 0.548.